The fourth-order valence-corrected chi connectivity index (χ4v) is 1.71. The van der Waals surface area contributed by atoms with Crippen LogP contribution in [0.5, 0.6) is 0 Å². The molecule has 2 N–H and O–H groups in total. The molecule has 72 valence electrons. The summed E-state index contributed by atoms with van der Waals surface area (Å²) in [6, 6.07) is 5.80. The number of benzene rings is 1. The Balaban J connectivity index is 3.17. The first-order valence-corrected chi connectivity index (χ1v) is 5.25. The fourth-order valence-electron chi connectivity index (χ4n) is 0.773. The van der Waals surface area contributed by atoms with Crippen LogP contribution >= 0.6 is 11.6 Å². The smallest absolute Gasteiger partial charge is 0.255 e. The molecule has 0 fully saturated rings. The van der Waals surface area contributed by atoms with Crippen molar-refractivity contribution in [3.8, 4) is 0 Å². The van der Waals surface area contributed by atoms with E-state index >= 15 is 0 Å². The van der Waals surface area contributed by atoms with Gasteiger partial charge in [0.25, 0.3) is 10.0 Å². The third kappa shape index (κ3) is 2.19. The van der Waals surface area contributed by atoms with Gasteiger partial charge in [0.1, 0.15) is 0 Å². The van der Waals surface area contributed by atoms with E-state index in [1.165, 1.54) is 31.3 Å². The maximum Gasteiger partial charge on any atom is 0.255 e. The van der Waals surface area contributed by atoms with E-state index in [9.17, 15) is 8.42 Å². The van der Waals surface area contributed by atoms with Crippen LogP contribution in [0.1, 0.15) is 0 Å². The number of nitrogens with two attached hydrogens (primary N) is 1. The molecule has 6 heteroatoms. The summed E-state index contributed by atoms with van der Waals surface area (Å²) in [5, 5.41) is 0.485. The van der Waals surface area contributed by atoms with Gasteiger partial charge < -0.3 is 0 Å². The molecule has 1 aromatic rings. The molecule has 0 amide bonds. The Hall–Kier alpha value is -0.620. The molecule has 0 heterocycles. The van der Waals surface area contributed by atoms with Crippen molar-refractivity contribution < 1.29 is 8.42 Å². The molecular weight excluding hydrogens is 212 g/mol. The van der Waals surface area contributed by atoms with Crippen molar-refractivity contribution in [1.82, 2.24) is 4.41 Å². The summed E-state index contributed by atoms with van der Waals surface area (Å²) in [5.74, 6) is 5.15. The quantitative estimate of drug-likeness (QED) is 0.593. The molecule has 0 aromatic heterocycles. The van der Waals surface area contributed by atoms with Crippen molar-refractivity contribution in [1.29, 1.82) is 0 Å². The van der Waals surface area contributed by atoms with E-state index < -0.39 is 10.0 Å². The number of rotatable bonds is 2. The molecule has 0 aliphatic carbocycles. The lowest BCUT2D eigenvalue weighted by Crippen LogP contribution is -2.33. The summed E-state index contributed by atoms with van der Waals surface area (Å²) in [7, 11) is -2.27. The molecular formula is C7H9ClN2O2S. The molecule has 13 heavy (non-hydrogen) atoms. The monoisotopic (exact) mass is 220 g/mol. The minimum Gasteiger partial charge on any atom is -0.255 e. The largest absolute Gasteiger partial charge is 0.255 e. The Kier molecular flexibility index (Phi) is 2.92. The lowest BCUT2D eigenvalue weighted by molar-refractivity contribution is 0.486. The van der Waals surface area contributed by atoms with Crippen LogP contribution in [0.25, 0.3) is 0 Å². The standard InChI is InChI=1S/C7H9ClN2O2S/c1-10(9)13(11,12)7-4-2-6(8)3-5-7/h2-5H,9H2,1H3. The molecule has 1 rings (SSSR count). The SMILES string of the molecule is CN(N)S(=O)(=O)c1ccc(Cl)cc1. The molecule has 0 saturated carbocycles. The second-order valence-corrected chi connectivity index (χ2v) is 4.91. The molecule has 0 bridgehead atoms. The van der Waals surface area contributed by atoms with Gasteiger partial charge in [0.15, 0.2) is 0 Å². The van der Waals surface area contributed by atoms with Crippen LogP contribution in [0, 0.1) is 0 Å². The summed E-state index contributed by atoms with van der Waals surface area (Å²) in [6.45, 7) is 0. The van der Waals surface area contributed by atoms with Crippen molar-refractivity contribution in [3.05, 3.63) is 29.3 Å². The van der Waals surface area contributed by atoms with Gasteiger partial charge in [-0.25, -0.2) is 8.42 Å². The first-order valence-electron chi connectivity index (χ1n) is 3.44. The van der Waals surface area contributed by atoms with Gasteiger partial charge in [-0.05, 0) is 24.3 Å². The van der Waals surface area contributed by atoms with Gasteiger partial charge >= 0.3 is 0 Å². The van der Waals surface area contributed by atoms with Crippen LogP contribution in [-0.2, 0) is 10.0 Å². The predicted molar refractivity (Wildman–Crippen MR) is 50.6 cm³/mol. The maximum absolute atomic E-state index is 11.4. The van der Waals surface area contributed by atoms with Crippen molar-refractivity contribution in [2.45, 2.75) is 4.90 Å². The predicted octanol–water partition coefficient (Wildman–Crippen LogP) is 0.834. The van der Waals surface area contributed by atoms with Crippen LogP contribution in [0.15, 0.2) is 29.2 Å². The van der Waals surface area contributed by atoms with Crippen molar-refractivity contribution in [2.75, 3.05) is 7.05 Å². The zero-order valence-corrected chi connectivity index (χ0v) is 8.51. The highest BCUT2D eigenvalue weighted by atomic mass is 35.5. The molecule has 0 saturated heterocycles. The summed E-state index contributed by atoms with van der Waals surface area (Å²) >= 11 is 5.60. The van der Waals surface area contributed by atoms with E-state index in [2.05, 4.69) is 0 Å². The average Bonchev–Trinajstić information content (AvgIpc) is 2.04. The minimum absolute atomic E-state index is 0.127. The third-order valence-corrected chi connectivity index (χ3v) is 3.37. The van der Waals surface area contributed by atoms with E-state index in [0.29, 0.717) is 9.44 Å². The summed E-state index contributed by atoms with van der Waals surface area (Å²) < 4.78 is 23.5. The first-order chi connectivity index (χ1) is 5.94. The lowest BCUT2D eigenvalue weighted by Gasteiger charge is -2.10. The van der Waals surface area contributed by atoms with E-state index in [1.54, 1.807) is 0 Å². The first kappa shape index (κ1) is 10.5. The van der Waals surface area contributed by atoms with E-state index in [-0.39, 0.29) is 4.90 Å². The molecule has 0 aliphatic heterocycles. The minimum atomic E-state index is -3.54. The van der Waals surface area contributed by atoms with Crippen LogP contribution in [0.4, 0.5) is 0 Å². The van der Waals surface area contributed by atoms with Gasteiger partial charge in [-0.3, -0.25) is 5.84 Å². The van der Waals surface area contributed by atoms with Crippen molar-refractivity contribution >= 4 is 21.6 Å². The van der Waals surface area contributed by atoms with Crippen LogP contribution < -0.4 is 5.84 Å². The zero-order chi connectivity index (χ0) is 10.1. The van der Waals surface area contributed by atoms with Gasteiger partial charge in [-0.1, -0.05) is 11.6 Å². The molecule has 0 spiro atoms. The van der Waals surface area contributed by atoms with E-state index in [4.69, 9.17) is 17.4 Å². The van der Waals surface area contributed by atoms with Gasteiger partial charge in [0.05, 0.1) is 4.90 Å². The van der Waals surface area contributed by atoms with Crippen LogP contribution in [0.3, 0.4) is 0 Å². The van der Waals surface area contributed by atoms with Crippen molar-refractivity contribution in [2.24, 2.45) is 5.84 Å². The highest BCUT2D eigenvalue weighted by Gasteiger charge is 2.16. The number of hydrogen-bond donors (Lipinski definition) is 1. The van der Waals surface area contributed by atoms with Gasteiger partial charge in [-0.2, -0.15) is 0 Å². The number of hydrazine groups is 1. The summed E-state index contributed by atoms with van der Waals surface area (Å²) in [4.78, 5) is 0.127. The maximum atomic E-state index is 11.4. The van der Waals surface area contributed by atoms with Crippen LogP contribution in [0.2, 0.25) is 5.02 Å². The van der Waals surface area contributed by atoms with E-state index in [1.807, 2.05) is 0 Å². The summed E-state index contributed by atoms with van der Waals surface area (Å²) in [6.07, 6.45) is 0. The molecule has 0 atom stereocenters. The molecule has 0 aliphatic rings. The molecule has 0 unspecified atom stereocenters. The highest BCUT2D eigenvalue weighted by molar-refractivity contribution is 7.89. The fraction of sp³-hybridized carbons (Fsp3) is 0.143. The molecule has 0 radical (unpaired) electrons. The van der Waals surface area contributed by atoms with Gasteiger partial charge in [-0.15, -0.1) is 4.41 Å². The van der Waals surface area contributed by atoms with Crippen molar-refractivity contribution in [3.63, 3.8) is 0 Å². The average molecular weight is 221 g/mol. The second kappa shape index (κ2) is 3.63. The Labute approximate surface area is 81.9 Å². The number of halogens is 1. The Morgan fingerprint density at radius 1 is 1.31 bits per heavy atom. The number of nitrogens with zero attached hydrogens (tertiary/aromatic N) is 1. The van der Waals surface area contributed by atoms with E-state index in [0.717, 1.165) is 0 Å². The van der Waals surface area contributed by atoms with Gasteiger partial charge in [0, 0.05) is 12.1 Å². The lowest BCUT2D eigenvalue weighted by atomic mass is 10.4. The third-order valence-electron chi connectivity index (χ3n) is 1.49. The molecule has 1 aromatic carbocycles. The van der Waals surface area contributed by atoms with Gasteiger partial charge in [0.2, 0.25) is 0 Å². The Morgan fingerprint density at radius 2 is 1.77 bits per heavy atom. The number of hydrogen-bond acceptors (Lipinski definition) is 3. The summed E-state index contributed by atoms with van der Waals surface area (Å²) in [5.41, 5.74) is 0. The number of sulfonamides is 1. The zero-order valence-electron chi connectivity index (χ0n) is 6.94. The topological polar surface area (TPSA) is 63.4 Å². The van der Waals surface area contributed by atoms with Crippen LogP contribution in [-0.4, -0.2) is 19.9 Å². The highest BCUT2D eigenvalue weighted by Crippen LogP contribution is 2.15. The Bertz CT molecular complexity index is 385. The normalized spacial score (nSPS) is 12.0. The Morgan fingerprint density at radius 3 is 2.15 bits per heavy atom. The molecule has 4 nitrogen and oxygen atoms in total. The second-order valence-electron chi connectivity index (χ2n) is 2.48.